The van der Waals surface area contributed by atoms with E-state index in [-0.39, 0.29) is 25.2 Å². The Morgan fingerprint density at radius 1 is 1.35 bits per heavy atom. The van der Waals surface area contributed by atoms with E-state index in [1.807, 2.05) is 0 Å². The first-order valence-corrected chi connectivity index (χ1v) is 6.05. The summed E-state index contributed by atoms with van der Waals surface area (Å²) in [6, 6.07) is -0.0282. The van der Waals surface area contributed by atoms with Crippen LogP contribution in [0.2, 0.25) is 0 Å². The lowest BCUT2D eigenvalue weighted by atomic mass is 10.2. The third-order valence-electron chi connectivity index (χ3n) is 2.77. The van der Waals surface area contributed by atoms with Gasteiger partial charge in [-0.15, -0.1) is 0 Å². The van der Waals surface area contributed by atoms with Gasteiger partial charge in [0.05, 0.1) is 32.5 Å². The van der Waals surface area contributed by atoms with E-state index in [4.69, 9.17) is 20.3 Å². The zero-order chi connectivity index (χ0) is 12.5. The summed E-state index contributed by atoms with van der Waals surface area (Å²) in [6.45, 7) is 2.66. The Bertz CT molecular complexity index is 226. The number of nitrogens with zero attached hydrogens (tertiary/aromatic N) is 1. The average molecular weight is 246 g/mol. The van der Waals surface area contributed by atoms with Gasteiger partial charge in [0.15, 0.2) is 0 Å². The fourth-order valence-electron chi connectivity index (χ4n) is 1.90. The second kappa shape index (κ2) is 8.41. The smallest absolute Gasteiger partial charge is 0.248 e. The lowest BCUT2D eigenvalue weighted by molar-refractivity contribution is -0.138. The second-order valence-corrected chi connectivity index (χ2v) is 4.02. The summed E-state index contributed by atoms with van der Waals surface area (Å²) in [5, 5.41) is 9.09. The Balaban J connectivity index is 2.08. The third-order valence-corrected chi connectivity index (χ3v) is 2.77. The first-order chi connectivity index (χ1) is 8.29. The van der Waals surface area contributed by atoms with Crippen molar-refractivity contribution in [2.75, 3.05) is 46.1 Å². The molecule has 0 bridgehead atoms. The molecular formula is C11H22N2O4. The number of carbonyl (C=O) groups excluding carboxylic acids is 1. The van der Waals surface area contributed by atoms with Crippen LogP contribution in [0.3, 0.4) is 0 Å². The summed E-state index contributed by atoms with van der Waals surface area (Å²) in [5.74, 6) is -0.0552. The van der Waals surface area contributed by atoms with Crippen molar-refractivity contribution in [1.29, 1.82) is 0 Å². The van der Waals surface area contributed by atoms with Crippen molar-refractivity contribution in [2.24, 2.45) is 5.73 Å². The van der Waals surface area contributed by atoms with Crippen molar-refractivity contribution in [2.45, 2.75) is 18.9 Å². The predicted molar refractivity (Wildman–Crippen MR) is 62.5 cm³/mol. The number of hydrogen-bond donors (Lipinski definition) is 2. The van der Waals surface area contributed by atoms with Crippen molar-refractivity contribution in [3.8, 4) is 0 Å². The number of carbonyl (C=O) groups is 1. The molecule has 0 aromatic rings. The third kappa shape index (κ3) is 4.99. The molecule has 1 fully saturated rings. The SMILES string of the molecule is NCCOCCOCC(=O)N1CCCC1CO. The van der Waals surface area contributed by atoms with E-state index in [9.17, 15) is 4.79 Å². The van der Waals surface area contributed by atoms with E-state index in [1.54, 1.807) is 4.90 Å². The van der Waals surface area contributed by atoms with Crippen LogP contribution in [-0.4, -0.2) is 68.1 Å². The normalized spacial score (nSPS) is 19.9. The Kier molecular flexibility index (Phi) is 7.11. The number of nitrogens with two attached hydrogens (primary N) is 1. The summed E-state index contributed by atoms with van der Waals surface area (Å²) < 4.78 is 10.3. The monoisotopic (exact) mass is 246 g/mol. The van der Waals surface area contributed by atoms with Gasteiger partial charge in [-0.05, 0) is 12.8 Å². The molecule has 1 amide bonds. The predicted octanol–water partition coefficient (Wildman–Crippen LogP) is -1.04. The summed E-state index contributed by atoms with van der Waals surface area (Å²) in [5.41, 5.74) is 5.25. The molecule has 100 valence electrons. The van der Waals surface area contributed by atoms with Gasteiger partial charge in [0.1, 0.15) is 6.61 Å². The fourth-order valence-corrected chi connectivity index (χ4v) is 1.90. The Labute approximate surface area is 102 Å². The first kappa shape index (κ1) is 14.4. The van der Waals surface area contributed by atoms with Crippen LogP contribution in [0.5, 0.6) is 0 Å². The number of ether oxygens (including phenoxy) is 2. The molecule has 0 aliphatic carbocycles. The molecule has 1 atom stereocenters. The molecule has 1 saturated heterocycles. The molecule has 1 unspecified atom stereocenters. The van der Waals surface area contributed by atoms with E-state index in [2.05, 4.69) is 0 Å². The van der Waals surface area contributed by atoms with Crippen LogP contribution in [0.25, 0.3) is 0 Å². The van der Waals surface area contributed by atoms with E-state index >= 15 is 0 Å². The lowest BCUT2D eigenvalue weighted by Crippen LogP contribution is -2.39. The minimum absolute atomic E-state index is 0.0282. The highest BCUT2D eigenvalue weighted by molar-refractivity contribution is 5.78. The standard InChI is InChI=1S/C11H22N2O4/c12-3-5-16-6-7-17-9-11(15)13-4-1-2-10(13)8-14/h10,14H,1-9,12H2. The maximum absolute atomic E-state index is 11.7. The molecule has 0 aromatic carbocycles. The van der Waals surface area contributed by atoms with Crippen molar-refractivity contribution in [1.82, 2.24) is 4.90 Å². The van der Waals surface area contributed by atoms with Gasteiger partial charge in [0, 0.05) is 13.1 Å². The maximum atomic E-state index is 11.7. The molecule has 0 spiro atoms. The van der Waals surface area contributed by atoms with Crippen LogP contribution in [0.4, 0.5) is 0 Å². The van der Waals surface area contributed by atoms with Gasteiger partial charge >= 0.3 is 0 Å². The summed E-state index contributed by atoms with van der Waals surface area (Å²) in [7, 11) is 0. The number of rotatable bonds is 8. The van der Waals surface area contributed by atoms with Gasteiger partial charge in [-0.3, -0.25) is 4.79 Å². The molecule has 6 nitrogen and oxygen atoms in total. The highest BCUT2D eigenvalue weighted by Gasteiger charge is 2.27. The molecule has 1 rings (SSSR count). The largest absolute Gasteiger partial charge is 0.394 e. The molecule has 1 aliphatic heterocycles. The van der Waals surface area contributed by atoms with Gasteiger partial charge < -0.3 is 25.2 Å². The number of hydrogen-bond acceptors (Lipinski definition) is 5. The van der Waals surface area contributed by atoms with Crippen LogP contribution in [0.15, 0.2) is 0 Å². The van der Waals surface area contributed by atoms with Gasteiger partial charge in [0.2, 0.25) is 5.91 Å². The molecule has 0 radical (unpaired) electrons. The van der Waals surface area contributed by atoms with Crippen molar-refractivity contribution < 1.29 is 19.4 Å². The number of aliphatic hydroxyl groups is 1. The summed E-state index contributed by atoms with van der Waals surface area (Å²) in [4.78, 5) is 13.4. The fraction of sp³-hybridized carbons (Fsp3) is 0.909. The van der Waals surface area contributed by atoms with Crippen molar-refractivity contribution >= 4 is 5.91 Å². The van der Waals surface area contributed by atoms with Crippen LogP contribution in [0, 0.1) is 0 Å². The van der Waals surface area contributed by atoms with Crippen LogP contribution in [0.1, 0.15) is 12.8 Å². The second-order valence-electron chi connectivity index (χ2n) is 4.02. The molecule has 3 N–H and O–H groups in total. The average Bonchev–Trinajstić information content (AvgIpc) is 2.81. The van der Waals surface area contributed by atoms with Gasteiger partial charge in [-0.1, -0.05) is 0 Å². The topological polar surface area (TPSA) is 85.0 Å². The van der Waals surface area contributed by atoms with Crippen LogP contribution < -0.4 is 5.73 Å². The molecule has 1 heterocycles. The Morgan fingerprint density at radius 2 is 2.12 bits per heavy atom. The van der Waals surface area contributed by atoms with E-state index in [0.717, 1.165) is 19.4 Å². The van der Waals surface area contributed by atoms with Crippen molar-refractivity contribution in [3.05, 3.63) is 0 Å². The maximum Gasteiger partial charge on any atom is 0.248 e. The molecule has 1 aliphatic rings. The molecule has 17 heavy (non-hydrogen) atoms. The minimum atomic E-state index is -0.0552. The quantitative estimate of drug-likeness (QED) is 0.534. The van der Waals surface area contributed by atoms with Gasteiger partial charge in [-0.2, -0.15) is 0 Å². The lowest BCUT2D eigenvalue weighted by Gasteiger charge is -2.22. The highest BCUT2D eigenvalue weighted by atomic mass is 16.5. The summed E-state index contributed by atoms with van der Waals surface area (Å²) >= 11 is 0. The van der Waals surface area contributed by atoms with Gasteiger partial charge in [-0.25, -0.2) is 0 Å². The highest BCUT2D eigenvalue weighted by Crippen LogP contribution is 2.16. The Hall–Kier alpha value is -0.690. The summed E-state index contributed by atoms with van der Waals surface area (Å²) in [6.07, 6.45) is 1.83. The molecule has 0 saturated carbocycles. The van der Waals surface area contributed by atoms with Gasteiger partial charge in [0.25, 0.3) is 0 Å². The zero-order valence-electron chi connectivity index (χ0n) is 10.1. The van der Waals surface area contributed by atoms with E-state index in [0.29, 0.717) is 26.4 Å². The molecule has 6 heteroatoms. The van der Waals surface area contributed by atoms with E-state index < -0.39 is 0 Å². The zero-order valence-corrected chi connectivity index (χ0v) is 10.1. The number of amides is 1. The van der Waals surface area contributed by atoms with Crippen LogP contribution in [-0.2, 0) is 14.3 Å². The minimum Gasteiger partial charge on any atom is -0.394 e. The number of likely N-dealkylation sites (tertiary alicyclic amines) is 1. The first-order valence-electron chi connectivity index (χ1n) is 6.05. The Morgan fingerprint density at radius 3 is 2.82 bits per heavy atom. The van der Waals surface area contributed by atoms with Crippen molar-refractivity contribution in [3.63, 3.8) is 0 Å². The molecular weight excluding hydrogens is 224 g/mol. The number of aliphatic hydroxyl groups excluding tert-OH is 1. The molecule has 0 aromatic heterocycles. The van der Waals surface area contributed by atoms with E-state index in [1.165, 1.54) is 0 Å². The van der Waals surface area contributed by atoms with Crippen LogP contribution >= 0.6 is 0 Å².